The van der Waals surface area contributed by atoms with E-state index in [0.717, 1.165) is 33.0 Å². The largest absolute Gasteiger partial charge is 0.471 e. The molecule has 0 bridgehead atoms. The highest BCUT2D eigenvalue weighted by Crippen LogP contribution is 2.39. The van der Waals surface area contributed by atoms with Crippen LogP contribution >= 0.6 is 0 Å². The number of ketones is 1. The number of Topliss-reactive ketones (excluding diaryl/α,β-unsaturated/α-hetero) is 1. The van der Waals surface area contributed by atoms with Gasteiger partial charge in [-0.1, -0.05) is 18.2 Å². The Balaban J connectivity index is 1.24. The fourth-order valence-electron chi connectivity index (χ4n) is 5.19. The van der Waals surface area contributed by atoms with Crippen molar-refractivity contribution in [1.29, 1.82) is 0 Å². The Morgan fingerprint density at radius 2 is 1.85 bits per heavy atom. The first-order valence-corrected chi connectivity index (χ1v) is 13.1. The average molecular weight is 538 g/mol. The molecule has 0 aromatic carbocycles. The number of nitrogens with zero attached hydrogens (tertiary/aromatic N) is 5. The number of hydrogen-bond acceptors (Lipinski definition) is 5. The van der Waals surface area contributed by atoms with Crippen molar-refractivity contribution in [1.82, 2.24) is 24.6 Å². The van der Waals surface area contributed by atoms with Crippen LogP contribution < -0.4 is 0 Å². The van der Waals surface area contributed by atoms with Crippen molar-refractivity contribution in [3.8, 4) is 5.82 Å². The average Bonchev–Trinajstić information content (AvgIpc) is 3.69. The molecular weight excluding hydrogens is 507 g/mol. The third-order valence-electron chi connectivity index (χ3n) is 7.64. The molecule has 0 radical (unpaired) electrons. The Morgan fingerprint density at radius 3 is 2.44 bits per heavy atom. The number of rotatable bonds is 7. The van der Waals surface area contributed by atoms with Crippen molar-refractivity contribution in [3.63, 3.8) is 0 Å². The van der Waals surface area contributed by atoms with Crippen LogP contribution in [0.1, 0.15) is 76.5 Å². The SMILES string of the molecule is Cc1cc(CC(=O)c2cnn(-c3ccc(C4CC4)cn3)c2C)cnc1C1=CCC(N(C)C(=O)C(F)(F)F)CC1. The molecule has 1 amide bonds. The van der Waals surface area contributed by atoms with Gasteiger partial charge >= 0.3 is 12.1 Å². The number of pyridine rings is 2. The van der Waals surface area contributed by atoms with E-state index >= 15 is 0 Å². The van der Waals surface area contributed by atoms with Gasteiger partial charge < -0.3 is 4.90 Å². The Bertz CT molecular complexity index is 1440. The van der Waals surface area contributed by atoms with Crippen LogP contribution in [0.3, 0.4) is 0 Å². The molecule has 5 rings (SSSR count). The maximum Gasteiger partial charge on any atom is 0.471 e. The monoisotopic (exact) mass is 537 g/mol. The maximum atomic E-state index is 13.1. The highest BCUT2D eigenvalue weighted by atomic mass is 19.4. The second-order valence-electron chi connectivity index (χ2n) is 10.5. The number of aromatic nitrogens is 4. The summed E-state index contributed by atoms with van der Waals surface area (Å²) in [5.74, 6) is -0.599. The predicted octanol–water partition coefficient (Wildman–Crippen LogP) is 5.54. The van der Waals surface area contributed by atoms with Gasteiger partial charge in [0.05, 0.1) is 23.1 Å². The predicted molar refractivity (Wildman–Crippen MR) is 140 cm³/mol. The van der Waals surface area contributed by atoms with Gasteiger partial charge in [0.25, 0.3) is 0 Å². The van der Waals surface area contributed by atoms with Crippen molar-refractivity contribution in [2.24, 2.45) is 0 Å². The standard InChI is InChI=1S/C29H30F3N5O2/c1-17-12-19(14-34-27(17)21-6-9-23(10-7-21)36(3)28(39)29(30,31)32)13-25(38)24-16-35-37(18(24)2)26-11-8-22(15-33-26)20-4-5-20/h6,8,11-12,14-16,20,23H,4-5,7,9-10,13H2,1-3H3. The molecule has 0 aliphatic heterocycles. The molecule has 10 heteroatoms. The Labute approximate surface area is 224 Å². The summed E-state index contributed by atoms with van der Waals surface area (Å²) in [4.78, 5) is 34.6. The molecule has 3 aromatic rings. The van der Waals surface area contributed by atoms with Gasteiger partial charge in [0.15, 0.2) is 11.6 Å². The van der Waals surface area contributed by atoms with Crippen molar-refractivity contribution in [2.45, 2.75) is 70.5 Å². The van der Waals surface area contributed by atoms with Crippen LogP contribution in [0.5, 0.6) is 0 Å². The van der Waals surface area contributed by atoms with Gasteiger partial charge in [-0.15, -0.1) is 0 Å². The fraction of sp³-hybridized carbons (Fsp3) is 0.414. The second-order valence-corrected chi connectivity index (χ2v) is 10.5. The number of carbonyl (C=O) groups excluding carboxylic acids is 2. The van der Waals surface area contributed by atoms with Crippen LogP contribution in [0.4, 0.5) is 13.2 Å². The minimum Gasteiger partial charge on any atom is -0.335 e. The lowest BCUT2D eigenvalue weighted by molar-refractivity contribution is -0.186. The summed E-state index contributed by atoms with van der Waals surface area (Å²) in [5.41, 5.74) is 5.85. The summed E-state index contributed by atoms with van der Waals surface area (Å²) < 4.78 is 40.0. The van der Waals surface area contributed by atoms with Gasteiger partial charge in [-0.2, -0.15) is 18.3 Å². The molecule has 2 aliphatic rings. The van der Waals surface area contributed by atoms with E-state index in [1.54, 1.807) is 17.1 Å². The van der Waals surface area contributed by atoms with Crippen LogP contribution in [0.25, 0.3) is 11.4 Å². The molecule has 1 unspecified atom stereocenters. The van der Waals surface area contributed by atoms with E-state index in [1.807, 2.05) is 38.3 Å². The van der Waals surface area contributed by atoms with E-state index in [4.69, 9.17) is 0 Å². The first-order chi connectivity index (χ1) is 18.5. The van der Waals surface area contributed by atoms with Crippen molar-refractivity contribution in [3.05, 3.63) is 76.5 Å². The molecule has 7 nitrogen and oxygen atoms in total. The number of halogens is 3. The number of hydrogen-bond donors (Lipinski definition) is 0. The zero-order valence-corrected chi connectivity index (χ0v) is 22.1. The molecule has 1 fully saturated rings. The summed E-state index contributed by atoms with van der Waals surface area (Å²) in [6, 6.07) is 5.42. The molecule has 2 aliphatic carbocycles. The molecule has 1 saturated carbocycles. The third kappa shape index (κ3) is 5.65. The zero-order valence-electron chi connectivity index (χ0n) is 22.1. The number of allylic oxidation sites excluding steroid dienone is 1. The number of aryl methyl sites for hydroxylation is 1. The van der Waals surface area contributed by atoms with Gasteiger partial charge in [0, 0.05) is 31.9 Å². The van der Waals surface area contributed by atoms with Gasteiger partial charge in [0.2, 0.25) is 0 Å². The number of alkyl halides is 3. The van der Waals surface area contributed by atoms with E-state index in [1.165, 1.54) is 25.5 Å². The second kappa shape index (κ2) is 10.4. The first-order valence-electron chi connectivity index (χ1n) is 13.1. The van der Waals surface area contributed by atoms with Gasteiger partial charge in [-0.05, 0) is 80.2 Å². The van der Waals surface area contributed by atoms with E-state index in [9.17, 15) is 22.8 Å². The smallest absolute Gasteiger partial charge is 0.335 e. The first kappa shape index (κ1) is 26.8. The lowest BCUT2D eigenvalue weighted by atomic mass is 9.90. The van der Waals surface area contributed by atoms with E-state index in [-0.39, 0.29) is 12.2 Å². The summed E-state index contributed by atoms with van der Waals surface area (Å²) in [5, 5.41) is 4.40. The summed E-state index contributed by atoms with van der Waals surface area (Å²) in [6.45, 7) is 3.76. The summed E-state index contributed by atoms with van der Waals surface area (Å²) in [7, 11) is 1.20. The van der Waals surface area contributed by atoms with Crippen LogP contribution in [-0.4, -0.2) is 55.6 Å². The minimum atomic E-state index is -4.88. The van der Waals surface area contributed by atoms with Gasteiger partial charge in [-0.3, -0.25) is 14.6 Å². The fourth-order valence-corrected chi connectivity index (χ4v) is 5.19. The van der Waals surface area contributed by atoms with Gasteiger partial charge in [-0.25, -0.2) is 9.67 Å². The molecule has 0 saturated heterocycles. The molecule has 0 N–H and O–H groups in total. The highest BCUT2D eigenvalue weighted by Gasteiger charge is 2.43. The summed E-state index contributed by atoms with van der Waals surface area (Å²) in [6.07, 6.45) is 5.96. The van der Waals surface area contributed by atoms with Crippen LogP contribution in [0, 0.1) is 13.8 Å². The maximum absolute atomic E-state index is 13.1. The van der Waals surface area contributed by atoms with E-state index in [0.29, 0.717) is 36.6 Å². The Morgan fingerprint density at radius 1 is 1.08 bits per heavy atom. The van der Waals surface area contributed by atoms with Crippen molar-refractivity contribution in [2.75, 3.05) is 7.05 Å². The molecule has 204 valence electrons. The summed E-state index contributed by atoms with van der Waals surface area (Å²) >= 11 is 0. The Hall–Kier alpha value is -3.82. The van der Waals surface area contributed by atoms with Crippen LogP contribution in [0.2, 0.25) is 0 Å². The molecule has 0 spiro atoms. The molecule has 3 heterocycles. The quantitative estimate of drug-likeness (QED) is 0.370. The lowest BCUT2D eigenvalue weighted by Crippen LogP contribution is -2.45. The van der Waals surface area contributed by atoms with E-state index in [2.05, 4.69) is 21.1 Å². The normalized spacial score (nSPS) is 17.6. The van der Waals surface area contributed by atoms with E-state index < -0.39 is 18.1 Å². The minimum absolute atomic E-state index is 0.0700. The van der Waals surface area contributed by atoms with Crippen molar-refractivity contribution >= 4 is 17.3 Å². The number of amides is 1. The number of carbonyl (C=O) groups is 2. The van der Waals surface area contributed by atoms with Crippen molar-refractivity contribution < 1.29 is 22.8 Å². The van der Waals surface area contributed by atoms with Gasteiger partial charge in [0.1, 0.15) is 0 Å². The zero-order chi connectivity index (χ0) is 27.9. The Kier molecular flexibility index (Phi) is 7.13. The topological polar surface area (TPSA) is 81.0 Å². The molecule has 39 heavy (non-hydrogen) atoms. The van der Waals surface area contributed by atoms with Crippen LogP contribution in [-0.2, 0) is 11.2 Å². The molecule has 3 aromatic heterocycles. The van der Waals surface area contributed by atoms with Crippen LogP contribution in [0.15, 0.2) is 42.9 Å². The highest BCUT2D eigenvalue weighted by molar-refractivity contribution is 5.98. The molecule has 1 atom stereocenters. The lowest BCUT2D eigenvalue weighted by Gasteiger charge is -2.31. The third-order valence-corrected chi connectivity index (χ3v) is 7.64. The molecular formula is C29H30F3N5O2.